The van der Waals surface area contributed by atoms with E-state index in [-0.39, 0.29) is 5.82 Å². The third kappa shape index (κ3) is 2.84. The molecule has 0 aliphatic rings. The van der Waals surface area contributed by atoms with Crippen molar-refractivity contribution in [2.45, 2.75) is 6.92 Å². The summed E-state index contributed by atoms with van der Waals surface area (Å²) in [7, 11) is 0. The molecule has 1 heterocycles. The molecule has 5 heteroatoms. The minimum atomic E-state index is -0.316. The quantitative estimate of drug-likeness (QED) is 0.833. The van der Waals surface area contributed by atoms with E-state index in [4.69, 9.17) is 0 Å². The van der Waals surface area contributed by atoms with Gasteiger partial charge in [0, 0.05) is 10.7 Å². The maximum Gasteiger partial charge on any atom is 0.146 e. The second-order valence-corrected chi connectivity index (χ2v) is 5.25. The summed E-state index contributed by atoms with van der Waals surface area (Å²) >= 11 is 6.73. The van der Waals surface area contributed by atoms with Crippen molar-refractivity contribution in [2.24, 2.45) is 0 Å². The van der Waals surface area contributed by atoms with Gasteiger partial charge in [-0.25, -0.2) is 9.37 Å². The monoisotopic (exact) mass is 358 g/mol. The number of nitrogens with one attached hydrogen (secondary N) is 1. The van der Waals surface area contributed by atoms with Gasteiger partial charge in [0.15, 0.2) is 0 Å². The molecule has 0 bridgehead atoms. The fourth-order valence-corrected chi connectivity index (χ4v) is 2.04. The van der Waals surface area contributed by atoms with E-state index in [0.717, 1.165) is 14.5 Å². The van der Waals surface area contributed by atoms with Gasteiger partial charge in [0.1, 0.15) is 11.6 Å². The Balaban J connectivity index is 2.38. The lowest BCUT2D eigenvalue weighted by Gasteiger charge is -2.10. The van der Waals surface area contributed by atoms with Crippen LogP contribution in [0.25, 0.3) is 0 Å². The van der Waals surface area contributed by atoms with Crippen LogP contribution >= 0.6 is 31.9 Å². The highest BCUT2D eigenvalue weighted by atomic mass is 79.9. The maximum absolute atomic E-state index is 13.6. The van der Waals surface area contributed by atoms with Crippen molar-refractivity contribution in [1.29, 1.82) is 0 Å². The number of halogens is 3. The number of hydrogen-bond donors (Lipinski definition) is 1. The van der Waals surface area contributed by atoms with Gasteiger partial charge < -0.3 is 5.32 Å². The molecule has 0 aliphatic carbocycles. The van der Waals surface area contributed by atoms with Gasteiger partial charge in [-0.1, -0.05) is 15.9 Å². The summed E-state index contributed by atoms with van der Waals surface area (Å²) in [5.41, 5.74) is 1.43. The van der Waals surface area contributed by atoms with Crippen molar-refractivity contribution in [1.82, 2.24) is 4.98 Å². The van der Waals surface area contributed by atoms with Crippen LogP contribution < -0.4 is 5.32 Å². The van der Waals surface area contributed by atoms with Gasteiger partial charge in [0.05, 0.1) is 10.2 Å². The zero-order valence-electron chi connectivity index (χ0n) is 8.97. The molecule has 17 heavy (non-hydrogen) atoms. The van der Waals surface area contributed by atoms with Gasteiger partial charge >= 0.3 is 0 Å². The molecule has 2 aromatic rings. The number of nitrogens with zero attached hydrogens (tertiary/aromatic N) is 1. The Morgan fingerprint density at radius 2 is 2.00 bits per heavy atom. The highest BCUT2D eigenvalue weighted by Crippen LogP contribution is 2.28. The minimum absolute atomic E-state index is 0.316. The van der Waals surface area contributed by atoms with E-state index < -0.39 is 0 Å². The van der Waals surface area contributed by atoms with Gasteiger partial charge in [-0.3, -0.25) is 0 Å². The van der Waals surface area contributed by atoms with Crippen molar-refractivity contribution >= 4 is 43.4 Å². The first-order chi connectivity index (χ1) is 8.08. The maximum atomic E-state index is 13.6. The van der Waals surface area contributed by atoms with Gasteiger partial charge in [0.25, 0.3) is 0 Å². The Hall–Kier alpha value is -0.940. The van der Waals surface area contributed by atoms with Crippen molar-refractivity contribution in [3.63, 3.8) is 0 Å². The topological polar surface area (TPSA) is 24.9 Å². The molecular weight excluding hydrogens is 351 g/mol. The third-order valence-electron chi connectivity index (χ3n) is 2.26. The average molecular weight is 360 g/mol. The van der Waals surface area contributed by atoms with Crippen LogP contribution in [0.5, 0.6) is 0 Å². The summed E-state index contributed by atoms with van der Waals surface area (Å²) in [6.45, 7) is 1.95. The highest BCUT2D eigenvalue weighted by molar-refractivity contribution is 9.11. The van der Waals surface area contributed by atoms with Crippen LogP contribution in [0.4, 0.5) is 15.9 Å². The summed E-state index contributed by atoms with van der Waals surface area (Å²) in [6, 6.07) is 6.60. The van der Waals surface area contributed by atoms with Gasteiger partial charge in [-0.15, -0.1) is 0 Å². The van der Waals surface area contributed by atoms with Crippen molar-refractivity contribution in [3.8, 4) is 0 Å². The molecule has 0 radical (unpaired) electrons. The molecule has 2 rings (SSSR count). The van der Waals surface area contributed by atoms with E-state index in [1.807, 2.05) is 13.0 Å². The second kappa shape index (κ2) is 5.14. The SMILES string of the molecule is Cc1ccnc(Nc2cc(Br)ccc2F)c1Br. The largest absolute Gasteiger partial charge is 0.337 e. The van der Waals surface area contributed by atoms with Gasteiger partial charge in [-0.05, 0) is 52.7 Å². The molecule has 0 amide bonds. The van der Waals surface area contributed by atoms with Crippen LogP contribution in [0, 0.1) is 12.7 Å². The molecule has 2 nitrogen and oxygen atoms in total. The first-order valence-electron chi connectivity index (χ1n) is 4.91. The molecule has 1 N–H and O–H groups in total. The van der Waals surface area contributed by atoms with E-state index in [2.05, 4.69) is 42.2 Å². The first-order valence-corrected chi connectivity index (χ1v) is 6.49. The zero-order chi connectivity index (χ0) is 12.4. The number of hydrogen-bond acceptors (Lipinski definition) is 2. The number of pyridine rings is 1. The predicted molar refractivity (Wildman–Crippen MR) is 74.1 cm³/mol. The highest BCUT2D eigenvalue weighted by Gasteiger charge is 2.07. The average Bonchev–Trinajstić information content (AvgIpc) is 2.30. The first kappa shape index (κ1) is 12.5. The molecule has 0 saturated heterocycles. The van der Waals surface area contributed by atoms with Crippen molar-refractivity contribution in [2.75, 3.05) is 5.32 Å². The molecule has 0 unspecified atom stereocenters. The summed E-state index contributed by atoms with van der Waals surface area (Å²) in [5, 5.41) is 2.96. The van der Waals surface area contributed by atoms with E-state index >= 15 is 0 Å². The standard InChI is InChI=1S/C12H9Br2FN2/c1-7-4-5-16-12(11(7)14)17-10-6-8(13)2-3-9(10)15/h2-6H,1H3,(H,16,17). The second-order valence-electron chi connectivity index (χ2n) is 3.54. The van der Waals surface area contributed by atoms with Crippen LogP contribution in [0.1, 0.15) is 5.56 Å². The predicted octanol–water partition coefficient (Wildman–Crippen LogP) is 4.80. The number of rotatable bonds is 2. The van der Waals surface area contributed by atoms with Crippen LogP contribution in [0.15, 0.2) is 39.4 Å². The Bertz CT molecular complexity index is 558. The fraction of sp³-hybridized carbons (Fsp3) is 0.0833. The molecule has 0 spiro atoms. The normalized spacial score (nSPS) is 10.4. The molecule has 88 valence electrons. The molecule has 0 aliphatic heterocycles. The third-order valence-corrected chi connectivity index (χ3v) is 3.76. The molecule has 0 atom stereocenters. The number of aryl methyl sites for hydroxylation is 1. The Labute approximate surface area is 116 Å². The molecule has 0 fully saturated rings. The number of benzene rings is 1. The lowest BCUT2D eigenvalue weighted by Crippen LogP contribution is -1.98. The van der Waals surface area contributed by atoms with E-state index in [0.29, 0.717) is 11.5 Å². The van der Waals surface area contributed by atoms with E-state index in [1.165, 1.54) is 6.07 Å². The number of aromatic nitrogens is 1. The number of anilines is 2. The van der Waals surface area contributed by atoms with Crippen molar-refractivity contribution in [3.05, 3.63) is 50.8 Å². The van der Waals surface area contributed by atoms with Crippen LogP contribution in [-0.4, -0.2) is 4.98 Å². The summed E-state index contributed by atoms with van der Waals surface area (Å²) < 4.78 is 15.2. The molecule has 1 aromatic carbocycles. The lowest BCUT2D eigenvalue weighted by molar-refractivity contribution is 0.631. The van der Waals surface area contributed by atoms with Crippen LogP contribution in [0.2, 0.25) is 0 Å². The molecular formula is C12H9Br2FN2. The van der Waals surface area contributed by atoms with E-state index in [1.54, 1.807) is 18.3 Å². The summed E-state index contributed by atoms with van der Waals surface area (Å²) in [6.07, 6.45) is 1.68. The Morgan fingerprint density at radius 3 is 2.76 bits per heavy atom. The zero-order valence-corrected chi connectivity index (χ0v) is 12.1. The fourth-order valence-electron chi connectivity index (χ4n) is 1.35. The smallest absolute Gasteiger partial charge is 0.146 e. The van der Waals surface area contributed by atoms with Gasteiger partial charge in [0.2, 0.25) is 0 Å². The van der Waals surface area contributed by atoms with Crippen molar-refractivity contribution < 1.29 is 4.39 Å². The van der Waals surface area contributed by atoms with Crippen LogP contribution in [0.3, 0.4) is 0 Å². The lowest BCUT2D eigenvalue weighted by atomic mass is 10.2. The van der Waals surface area contributed by atoms with E-state index in [9.17, 15) is 4.39 Å². The Kier molecular flexibility index (Phi) is 3.79. The molecule has 1 aromatic heterocycles. The Morgan fingerprint density at radius 1 is 1.24 bits per heavy atom. The van der Waals surface area contributed by atoms with Crippen LogP contribution in [-0.2, 0) is 0 Å². The summed E-state index contributed by atoms with van der Waals surface area (Å²) in [4.78, 5) is 4.17. The summed E-state index contributed by atoms with van der Waals surface area (Å²) in [5.74, 6) is 0.283. The molecule has 0 saturated carbocycles. The van der Waals surface area contributed by atoms with Gasteiger partial charge in [-0.2, -0.15) is 0 Å². The minimum Gasteiger partial charge on any atom is -0.337 e.